The second-order valence-corrected chi connectivity index (χ2v) is 5.92. The molecule has 5 heteroatoms. The number of aromatic nitrogens is 4. The maximum Gasteiger partial charge on any atom is 0.0949 e. The molecular formula is C15H23N5. The molecule has 0 aliphatic heterocycles. The van der Waals surface area contributed by atoms with Crippen LogP contribution in [0, 0.1) is 0 Å². The van der Waals surface area contributed by atoms with Crippen molar-refractivity contribution in [2.45, 2.75) is 57.8 Å². The Balaban J connectivity index is 1.59. The first-order valence-electron chi connectivity index (χ1n) is 7.48. The van der Waals surface area contributed by atoms with Crippen molar-refractivity contribution in [3.8, 4) is 0 Å². The molecule has 2 heterocycles. The zero-order valence-electron chi connectivity index (χ0n) is 12.2. The van der Waals surface area contributed by atoms with E-state index < -0.39 is 0 Å². The molecule has 1 N–H and O–H groups in total. The summed E-state index contributed by atoms with van der Waals surface area (Å²) in [5, 5.41) is 8.08. The van der Waals surface area contributed by atoms with Gasteiger partial charge in [0.15, 0.2) is 0 Å². The van der Waals surface area contributed by atoms with Gasteiger partial charge in [-0.25, -0.2) is 4.98 Å². The lowest BCUT2D eigenvalue weighted by atomic mass is 10.1. The van der Waals surface area contributed by atoms with Gasteiger partial charge >= 0.3 is 0 Å². The van der Waals surface area contributed by atoms with Gasteiger partial charge in [-0.15, -0.1) is 0 Å². The van der Waals surface area contributed by atoms with Crippen LogP contribution in [0.5, 0.6) is 0 Å². The minimum atomic E-state index is 0.425. The number of nitrogens with one attached hydrogen (secondary N) is 1. The Morgan fingerprint density at radius 3 is 3.00 bits per heavy atom. The Morgan fingerprint density at radius 2 is 2.30 bits per heavy atom. The molecule has 1 aliphatic carbocycles. The Bertz CT molecular complexity index is 528. The molecule has 0 aromatic carbocycles. The third kappa shape index (κ3) is 2.77. The van der Waals surface area contributed by atoms with Gasteiger partial charge < -0.3 is 9.88 Å². The highest BCUT2D eigenvalue weighted by Gasteiger charge is 2.27. The number of hydrogen-bond acceptors (Lipinski definition) is 3. The van der Waals surface area contributed by atoms with Crippen molar-refractivity contribution in [1.82, 2.24) is 24.6 Å². The Morgan fingerprint density at radius 1 is 1.40 bits per heavy atom. The largest absolute Gasteiger partial charge is 0.333 e. The van der Waals surface area contributed by atoms with Crippen LogP contribution in [0.1, 0.15) is 50.8 Å². The fourth-order valence-corrected chi connectivity index (χ4v) is 3.00. The molecular weight excluding hydrogens is 250 g/mol. The first-order valence-corrected chi connectivity index (χ1v) is 7.48. The monoisotopic (exact) mass is 273 g/mol. The highest BCUT2D eigenvalue weighted by atomic mass is 15.3. The lowest BCUT2D eigenvalue weighted by Gasteiger charge is -2.22. The molecule has 0 bridgehead atoms. The van der Waals surface area contributed by atoms with Crippen molar-refractivity contribution in [3.63, 3.8) is 0 Å². The molecule has 1 aliphatic rings. The van der Waals surface area contributed by atoms with Crippen molar-refractivity contribution in [1.29, 1.82) is 0 Å². The van der Waals surface area contributed by atoms with Crippen LogP contribution in [0.4, 0.5) is 0 Å². The van der Waals surface area contributed by atoms with E-state index in [1.54, 1.807) is 0 Å². The molecule has 2 unspecified atom stereocenters. The molecule has 0 radical (unpaired) electrons. The number of nitrogens with zero attached hydrogens (tertiary/aromatic N) is 4. The Hall–Kier alpha value is -1.62. The molecule has 3 rings (SSSR count). The smallest absolute Gasteiger partial charge is 0.0949 e. The minimum Gasteiger partial charge on any atom is -0.333 e. The second-order valence-electron chi connectivity index (χ2n) is 5.92. The molecule has 1 saturated carbocycles. The van der Waals surface area contributed by atoms with Crippen LogP contribution in [0.15, 0.2) is 31.1 Å². The van der Waals surface area contributed by atoms with Crippen LogP contribution in [-0.4, -0.2) is 25.4 Å². The normalized spacial score (nSPS) is 22.8. The highest BCUT2D eigenvalue weighted by Crippen LogP contribution is 2.30. The standard InChI is InChI=1S/C15H23N5/c1-12(2)20-10-13(9-18-20)8-17-14-4-3-5-15(14)19-7-6-16-11-19/h6-7,9-12,14-15,17H,3-5,8H2,1-2H3. The summed E-state index contributed by atoms with van der Waals surface area (Å²) in [4.78, 5) is 4.16. The molecule has 2 aromatic rings. The summed E-state index contributed by atoms with van der Waals surface area (Å²) >= 11 is 0. The van der Waals surface area contributed by atoms with Crippen LogP contribution >= 0.6 is 0 Å². The molecule has 2 aromatic heterocycles. The van der Waals surface area contributed by atoms with Gasteiger partial charge in [-0.3, -0.25) is 4.68 Å². The van der Waals surface area contributed by atoms with Crippen LogP contribution in [0.2, 0.25) is 0 Å². The van der Waals surface area contributed by atoms with E-state index in [4.69, 9.17) is 0 Å². The molecule has 0 amide bonds. The first-order chi connectivity index (χ1) is 9.74. The highest BCUT2D eigenvalue weighted by molar-refractivity contribution is 5.05. The summed E-state index contributed by atoms with van der Waals surface area (Å²) in [5.41, 5.74) is 1.26. The summed E-state index contributed by atoms with van der Waals surface area (Å²) in [6.45, 7) is 5.19. The quantitative estimate of drug-likeness (QED) is 0.910. The van der Waals surface area contributed by atoms with Crippen LogP contribution in [0.25, 0.3) is 0 Å². The predicted molar refractivity (Wildman–Crippen MR) is 78.4 cm³/mol. The van der Waals surface area contributed by atoms with Gasteiger partial charge in [-0.2, -0.15) is 5.10 Å². The average Bonchev–Trinajstić information content (AvgIpc) is 3.17. The fraction of sp³-hybridized carbons (Fsp3) is 0.600. The number of rotatable bonds is 5. The van der Waals surface area contributed by atoms with Gasteiger partial charge in [-0.1, -0.05) is 0 Å². The molecule has 0 saturated heterocycles. The van der Waals surface area contributed by atoms with Gasteiger partial charge in [0.2, 0.25) is 0 Å². The molecule has 5 nitrogen and oxygen atoms in total. The predicted octanol–water partition coefficient (Wildman–Crippen LogP) is 2.54. The summed E-state index contributed by atoms with van der Waals surface area (Å²) < 4.78 is 4.25. The molecule has 108 valence electrons. The van der Waals surface area contributed by atoms with Crippen LogP contribution in [-0.2, 0) is 6.54 Å². The molecule has 20 heavy (non-hydrogen) atoms. The third-order valence-corrected chi connectivity index (χ3v) is 4.14. The number of imidazole rings is 1. The fourth-order valence-electron chi connectivity index (χ4n) is 3.00. The summed E-state index contributed by atoms with van der Waals surface area (Å²) in [6.07, 6.45) is 13.7. The topological polar surface area (TPSA) is 47.7 Å². The van der Waals surface area contributed by atoms with Crippen molar-refractivity contribution < 1.29 is 0 Å². The van der Waals surface area contributed by atoms with Crippen molar-refractivity contribution in [2.24, 2.45) is 0 Å². The molecule has 2 atom stereocenters. The first kappa shape index (κ1) is 13.4. The summed E-state index contributed by atoms with van der Waals surface area (Å²) in [7, 11) is 0. The van der Waals surface area contributed by atoms with E-state index in [9.17, 15) is 0 Å². The van der Waals surface area contributed by atoms with E-state index in [0.717, 1.165) is 6.54 Å². The van der Waals surface area contributed by atoms with Gasteiger partial charge in [0.05, 0.1) is 12.5 Å². The van der Waals surface area contributed by atoms with Gasteiger partial charge in [0.1, 0.15) is 0 Å². The SMILES string of the molecule is CC(C)n1cc(CNC2CCCC2n2ccnc2)cn1. The van der Waals surface area contributed by atoms with Crippen molar-refractivity contribution in [3.05, 3.63) is 36.7 Å². The van der Waals surface area contributed by atoms with E-state index in [-0.39, 0.29) is 0 Å². The summed E-state index contributed by atoms with van der Waals surface area (Å²) in [5.74, 6) is 0. The summed E-state index contributed by atoms with van der Waals surface area (Å²) in [6, 6.07) is 1.50. The van der Waals surface area contributed by atoms with Crippen molar-refractivity contribution >= 4 is 0 Å². The van der Waals surface area contributed by atoms with Crippen LogP contribution in [0.3, 0.4) is 0 Å². The van der Waals surface area contributed by atoms with Crippen molar-refractivity contribution in [2.75, 3.05) is 0 Å². The van der Waals surface area contributed by atoms with E-state index in [1.807, 2.05) is 23.4 Å². The van der Waals surface area contributed by atoms with E-state index >= 15 is 0 Å². The lowest BCUT2D eigenvalue weighted by molar-refractivity contribution is 0.390. The Labute approximate surface area is 120 Å². The zero-order chi connectivity index (χ0) is 13.9. The maximum atomic E-state index is 4.39. The maximum absolute atomic E-state index is 4.39. The Kier molecular flexibility index (Phi) is 3.87. The average molecular weight is 273 g/mol. The third-order valence-electron chi connectivity index (χ3n) is 4.14. The zero-order valence-corrected chi connectivity index (χ0v) is 12.2. The second kappa shape index (κ2) is 5.79. The van der Waals surface area contributed by atoms with Gasteiger partial charge in [0.25, 0.3) is 0 Å². The van der Waals surface area contributed by atoms with Crippen LogP contribution < -0.4 is 5.32 Å². The van der Waals surface area contributed by atoms with E-state index in [1.165, 1.54) is 24.8 Å². The van der Waals surface area contributed by atoms with Gasteiger partial charge in [-0.05, 0) is 33.1 Å². The molecule has 1 fully saturated rings. The lowest BCUT2D eigenvalue weighted by Crippen LogP contribution is -2.33. The minimum absolute atomic E-state index is 0.425. The number of hydrogen-bond donors (Lipinski definition) is 1. The molecule has 0 spiro atoms. The van der Waals surface area contributed by atoms with E-state index in [2.05, 4.69) is 46.2 Å². The van der Waals surface area contributed by atoms with E-state index in [0.29, 0.717) is 18.1 Å². The van der Waals surface area contributed by atoms with Gasteiger partial charge in [0, 0.05) is 48.8 Å².